The van der Waals surface area contributed by atoms with E-state index in [1.165, 1.54) is 4.68 Å². The van der Waals surface area contributed by atoms with Gasteiger partial charge in [0.15, 0.2) is 5.69 Å². The Morgan fingerprint density at radius 1 is 1.35 bits per heavy atom. The fourth-order valence-electron chi connectivity index (χ4n) is 1.74. The fourth-order valence-corrected chi connectivity index (χ4v) is 2.05. The van der Waals surface area contributed by atoms with E-state index in [1.54, 1.807) is 31.4 Å². The molecule has 1 N–H and O–H groups in total. The number of nitrogens with zero attached hydrogens (tertiary/aromatic N) is 3. The zero-order valence-electron chi connectivity index (χ0n) is 10.6. The molecule has 1 aromatic heterocycles. The first kappa shape index (κ1) is 14.9. The maximum atomic E-state index is 13.2. The first-order valence-corrected chi connectivity index (χ1v) is 6.48. The van der Waals surface area contributed by atoms with Crippen LogP contribution in [0.2, 0.25) is 0 Å². The van der Waals surface area contributed by atoms with Gasteiger partial charge in [-0.15, -0.1) is 5.10 Å². The van der Waals surface area contributed by atoms with Gasteiger partial charge in [0.25, 0.3) is 0 Å². The van der Waals surface area contributed by atoms with Gasteiger partial charge < -0.3 is 9.84 Å². The van der Waals surface area contributed by atoms with Crippen molar-refractivity contribution in [1.29, 1.82) is 0 Å². The van der Waals surface area contributed by atoms with Crippen LogP contribution in [0.25, 0.3) is 0 Å². The van der Waals surface area contributed by atoms with Gasteiger partial charge in [-0.05, 0) is 33.6 Å². The predicted octanol–water partition coefficient (Wildman–Crippen LogP) is 2.27. The first-order valence-electron chi connectivity index (χ1n) is 5.69. The topological polar surface area (TPSA) is 60.2 Å². The van der Waals surface area contributed by atoms with Gasteiger partial charge in [-0.1, -0.05) is 17.3 Å². The van der Waals surface area contributed by atoms with E-state index in [1.807, 2.05) is 0 Å². The highest BCUT2D eigenvalue weighted by atomic mass is 79.9. The van der Waals surface area contributed by atoms with Gasteiger partial charge in [0, 0.05) is 0 Å². The minimum atomic E-state index is -3.32. The van der Waals surface area contributed by atoms with E-state index in [4.69, 9.17) is 4.74 Å². The van der Waals surface area contributed by atoms with Crippen LogP contribution in [0.1, 0.15) is 17.0 Å². The first-order chi connectivity index (χ1) is 9.45. The zero-order chi connectivity index (χ0) is 14.8. The summed E-state index contributed by atoms with van der Waals surface area (Å²) in [7, 11) is 1.56. The Morgan fingerprint density at radius 2 is 2.00 bits per heavy atom. The van der Waals surface area contributed by atoms with Crippen LogP contribution in [-0.2, 0) is 18.0 Å². The van der Waals surface area contributed by atoms with E-state index >= 15 is 0 Å². The molecule has 1 aromatic carbocycles. The lowest BCUT2D eigenvalue weighted by atomic mass is 10.2. The van der Waals surface area contributed by atoms with E-state index in [2.05, 4.69) is 26.2 Å². The predicted molar refractivity (Wildman–Crippen MR) is 70.9 cm³/mol. The Hall–Kier alpha value is -1.54. The molecule has 0 unspecified atom stereocenters. The summed E-state index contributed by atoms with van der Waals surface area (Å²) in [5.41, 5.74) is 0.228. The summed E-state index contributed by atoms with van der Waals surface area (Å²) in [4.78, 5) is -3.32. The highest BCUT2D eigenvalue weighted by molar-refractivity contribution is 9.09. The molecule has 8 heteroatoms. The summed E-state index contributed by atoms with van der Waals surface area (Å²) in [5, 5.41) is 16.3. The molecule has 0 aliphatic carbocycles. The molecule has 0 radical (unpaired) electrons. The molecule has 5 nitrogen and oxygen atoms in total. The molecule has 1 heterocycles. The SMILES string of the molecule is COc1ccc(Cn2nnc(C(F)(F)Br)c2CO)cc1. The minimum absolute atomic E-state index is 0.0253. The number of benzene rings is 1. The lowest BCUT2D eigenvalue weighted by Gasteiger charge is -2.09. The van der Waals surface area contributed by atoms with Crippen LogP contribution in [0, 0.1) is 0 Å². The largest absolute Gasteiger partial charge is 0.497 e. The molecule has 0 aliphatic heterocycles. The van der Waals surface area contributed by atoms with Gasteiger partial charge in [-0.25, -0.2) is 4.68 Å². The average Bonchev–Trinajstić information content (AvgIpc) is 2.82. The summed E-state index contributed by atoms with van der Waals surface area (Å²) in [6.07, 6.45) is 0. The number of aromatic nitrogens is 3. The number of aliphatic hydroxyl groups excluding tert-OH is 1. The van der Waals surface area contributed by atoms with E-state index in [0.717, 1.165) is 5.56 Å². The van der Waals surface area contributed by atoms with E-state index in [-0.39, 0.29) is 12.2 Å². The van der Waals surface area contributed by atoms with Crippen molar-refractivity contribution >= 4 is 15.9 Å². The lowest BCUT2D eigenvalue weighted by Crippen LogP contribution is -2.11. The van der Waals surface area contributed by atoms with Gasteiger partial charge in [-0.3, -0.25) is 0 Å². The fraction of sp³-hybridized carbons (Fsp3) is 0.333. The minimum Gasteiger partial charge on any atom is -0.497 e. The Morgan fingerprint density at radius 3 is 2.50 bits per heavy atom. The Bertz CT molecular complexity index is 581. The number of rotatable bonds is 5. The maximum absolute atomic E-state index is 13.2. The molecule has 0 saturated carbocycles. The maximum Gasteiger partial charge on any atom is 0.346 e. The van der Waals surface area contributed by atoms with Crippen LogP contribution in [0.15, 0.2) is 24.3 Å². The van der Waals surface area contributed by atoms with Crippen molar-refractivity contribution in [2.24, 2.45) is 0 Å². The van der Waals surface area contributed by atoms with Gasteiger partial charge in [0.1, 0.15) is 5.75 Å². The van der Waals surface area contributed by atoms with Crippen LogP contribution < -0.4 is 4.74 Å². The van der Waals surface area contributed by atoms with Crippen LogP contribution in [-0.4, -0.2) is 27.2 Å². The third-order valence-electron chi connectivity index (χ3n) is 2.75. The van der Waals surface area contributed by atoms with Crippen molar-refractivity contribution in [2.75, 3.05) is 7.11 Å². The van der Waals surface area contributed by atoms with E-state index < -0.39 is 17.1 Å². The van der Waals surface area contributed by atoms with Crippen molar-refractivity contribution < 1.29 is 18.6 Å². The quantitative estimate of drug-likeness (QED) is 0.843. The number of hydrogen-bond acceptors (Lipinski definition) is 4. The van der Waals surface area contributed by atoms with Crippen LogP contribution >= 0.6 is 15.9 Å². The number of ether oxygens (including phenoxy) is 1. The monoisotopic (exact) mass is 347 g/mol. The highest BCUT2D eigenvalue weighted by Crippen LogP contribution is 2.35. The summed E-state index contributed by atoms with van der Waals surface area (Å²) in [6.45, 7) is -0.338. The molecular formula is C12H12BrF2N3O2. The second kappa shape index (κ2) is 5.84. The number of halogens is 3. The summed E-state index contributed by atoms with van der Waals surface area (Å²) in [6, 6.07) is 7.08. The zero-order valence-corrected chi connectivity index (χ0v) is 12.1. The molecule has 20 heavy (non-hydrogen) atoms. The van der Waals surface area contributed by atoms with Gasteiger partial charge in [0.05, 0.1) is 26.0 Å². The molecule has 0 bridgehead atoms. The van der Waals surface area contributed by atoms with E-state index in [0.29, 0.717) is 5.75 Å². The van der Waals surface area contributed by atoms with Gasteiger partial charge in [-0.2, -0.15) is 8.78 Å². The Balaban J connectivity index is 2.27. The Kier molecular flexibility index (Phi) is 4.34. The molecule has 0 saturated heterocycles. The number of alkyl halides is 3. The number of hydrogen-bond donors (Lipinski definition) is 1. The van der Waals surface area contributed by atoms with Gasteiger partial charge >= 0.3 is 4.83 Å². The summed E-state index contributed by atoms with van der Waals surface area (Å²) in [5.74, 6) is 0.697. The molecule has 0 atom stereocenters. The average molecular weight is 348 g/mol. The summed E-state index contributed by atoms with van der Waals surface area (Å²) >= 11 is 2.22. The molecule has 2 rings (SSSR count). The van der Waals surface area contributed by atoms with Crippen molar-refractivity contribution in [3.05, 3.63) is 41.2 Å². The van der Waals surface area contributed by atoms with Crippen LogP contribution in [0.3, 0.4) is 0 Å². The molecule has 2 aromatic rings. The Labute approximate surface area is 122 Å². The second-order valence-corrected chi connectivity index (χ2v) is 5.04. The molecule has 108 valence electrons. The smallest absolute Gasteiger partial charge is 0.346 e. The third kappa shape index (κ3) is 3.13. The number of aliphatic hydroxyl groups is 1. The van der Waals surface area contributed by atoms with Crippen LogP contribution in [0.4, 0.5) is 8.78 Å². The van der Waals surface area contributed by atoms with Crippen LogP contribution in [0.5, 0.6) is 5.75 Å². The normalized spacial score (nSPS) is 11.7. The third-order valence-corrected chi connectivity index (χ3v) is 3.12. The summed E-state index contributed by atoms with van der Waals surface area (Å²) < 4.78 is 32.7. The molecule has 0 fully saturated rings. The van der Waals surface area contributed by atoms with Crippen molar-refractivity contribution in [3.8, 4) is 5.75 Å². The highest BCUT2D eigenvalue weighted by Gasteiger charge is 2.35. The van der Waals surface area contributed by atoms with E-state index in [9.17, 15) is 13.9 Å². The molecule has 0 aliphatic rings. The standard InChI is InChI=1S/C12H12BrF2N3O2/c1-20-9-4-2-8(3-5-9)6-18-10(7-19)11(16-17-18)12(13,14)15/h2-5,19H,6-7H2,1H3. The van der Waals surface area contributed by atoms with Crippen molar-refractivity contribution in [2.45, 2.75) is 18.0 Å². The molecular weight excluding hydrogens is 336 g/mol. The van der Waals surface area contributed by atoms with Gasteiger partial charge in [0.2, 0.25) is 0 Å². The van der Waals surface area contributed by atoms with Crippen molar-refractivity contribution in [3.63, 3.8) is 0 Å². The molecule has 0 amide bonds. The van der Waals surface area contributed by atoms with Crippen molar-refractivity contribution in [1.82, 2.24) is 15.0 Å². The number of methoxy groups -OCH3 is 1. The molecule has 0 spiro atoms. The second-order valence-electron chi connectivity index (χ2n) is 4.05. The lowest BCUT2D eigenvalue weighted by molar-refractivity contribution is 0.105.